The van der Waals surface area contributed by atoms with Gasteiger partial charge in [0.15, 0.2) is 0 Å². The van der Waals surface area contributed by atoms with Gasteiger partial charge in [0.2, 0.25) is 17.7 Å². The molecule has 4 rings (SSSR count). The molecule has 0 bridgehead atoms. The molecule has 1 aliphatic carbocycles. The number of Topliss-reactive ketones (excluding diaryl/α,β-unsaturated/α-hetero) is 1. The highest BCUT2D eigenvalue weighted by Crippen LogP contribution is 2.38. The van der Waals surface area contributed by atoms with Crippen LogP contribution in [0, 0.1) is 11.8 Å². The minimum absolute atomic E-state index is 0.0517. The molecule has 0 fully saturated rings. The van der Waals surface area contributed by atoms with E-state index in [9.17, 15) is 19.2 Å². The van der Waals surface area contributed by atoms with E-state index in [2.05, 4.69) is 31.1 Å². The summed E-state index contributed by atoms with van der Waals surface area (Å²) in [6.45, 7) is 5.88. The number of H-pyrrole nitrogens is 1. The Morgan fingerprint density at radius 2 is 2.11 bits per heavy atom. The lowest BCUT2D eigenvalue weighted by Gasteiger charge is -2.34. The molecule has 4 N–H and O–H groups in total. The Balaban J connectivity index is 1.52. The molecule has 3 amide bonds. The monoisotopic (exact) mass is 483 g/mol. The van der Waals surface area contributed by atoms with Crippen molar-refractivity contribution >= 4 is 23.5 Å². The molecule has 3 heterocycles. The second-order valence-electron chi connectivity index (χ2n) is 9.59. The molecule has 35 heavy (non-hydrogen) atoms. The van der Waals surface area contributed by atoms with Crippen LogP contribution in [0.15, 0.2) is 18.6 Å². The maximum atomic E-state index is 13.5. The van der Waals surface area contributed by atoms with E-state index in [1.54, 1.807) is 0 Å². The molecular weight excluding hydrogens is 450 g/mol. The van der Waals surface area contributed by atoms with E-state index in [-0.39, 0.29) is 42.4 Å². The van der Waals surface area contributed by atoms with Crippen molar-refractivity contribution in [2.75, 3.05) is 0 Å². The van der Waals surface area contributed by atoms with Gasteiger partial charge in [-0.3, -0.25) is 24.3 Å². The lowest BCUT2D eigenvalue weighted by Crippen LogP contribution is -2.54. The number of aromatic nitrogens is 4. The van der Waals surface area contributed by atoms with E-state index in [4.69, 9.17) is 0 Å². The molecule has 0 radical (unpaired) electrons. The van der Waals surface area contributed by atoms with E-state index >= 15 is 0 Å². The fourth-order valence-electron chi connectivity index (χ4n) is 5.15. The van der Waals surface area contributed by atoms with Crippen LogP contribution in [0.5, 0.6) is 0 Å². The van der Waals surface area contributed by atoms with E-state index in [1.807, 2.05) is 30.7 Å². The van der Waals surface area contributed by atoms with Crippen LogP contribution in [0.4, 0.5) is 0 Å². The van der Waals surface area contributed by atoms with E-state index in [0.29, 0.717) is 18.8 Å². The first-order valence-corrected chi connectivity index (χ1v) is 12.2. The lowest BCUT2D eigenvalue weighted by atomic mass is 9.79. The Morgan fingerprint density at radius 3 is 2.80 bits per heavy atom. The second kappa shape index (κ2) is 10.4. The van der Waals surface area contributed by atoms with Crippen LogP contribution >= 0.6 is 0 Å². The van der Waals surface area contributed by atoms with Crippen molar-refractivity contribution in [2.24, 2.45) is 11.8 Å². The maximum absolute atomic E-state index is 13.5. The normalized spacial score (nSPS) is 22.9. The van der Waals surface area contributed by atoms with Crippen LogP contribution in [-0.2, 0) is 38.7 Å². The molecule has 3 unspecified atom stereocenters. The molecule has 0 saturated heterocycles. The first-order chi connectivity index (χ1) is 16.8. The first kappa shape index (κ1) is 24.6. The molecule has 2 aromatic heterocycles. The Morgan fingerprint density at radius 1 is 1.31 bits per heavy atom. The Labute approximate surface area is 203 Å². The fraction of sp³-hybridized carbons (Fsp3) is 0.583. The minimum atomic E-state index is -0.666. The summed E-state index contributed by atoms with van der Waals surface area (Å²) in [6, 6.07) is 0.940. The summed E-state index contributed by atoms with van der Waals surface area (Å²) in [5.74, 6) is -1.41. The summed E-state index contributed by atoms with van der Waals surface area (Å²) in [5.41, 5.74) is 1.97. The molecule has 2 aromatic rings. The number of rotatable bonds is 8. The van der Waals surface area contributed by atoms with Gasteiger partial charge in [-0.05, 0) is 30.4 Å². The lowest BCUT2D eigenvalue weighted by molar-refractivity contribution is -0.132. The number of nitrogens with zero attached hydrogens (tertiary/aromatic N) is 3. The number of carbonyl (C=O) groups is 4. The third-order valence-corrected chi connectivity index (χ3v) is 7.17. The third kappa shape index (κ3) is 5.28. The quantitative estimate of drug-likeness (QED) is 0.431. The van der Waals surface area contributed by atoms with Gasteiger partial charge in [-0.1, -0.05) is 20.3 Å². The van der Waals surface area contributed by atoms with Gasteiger partial charge in [0.1, 0.15) is 24.0 Å². The number of hydrogen-bond donors (Lipinski definition) is 4. The van der Waals surface area contributed by atoms with E-state index < -0.39 is 23.9 Å². The Hall–Kier alpha value is -3.50. The molecule has 11 nitrogen and oxygen atoms in total. The summed E-state index contributed by atoms with van der Waals surface area (Å²) >= 11 is 0. The average Bonchev–Trinajstić information content (AvgIpc) is 3.46. The SMILES string of the molecule is CC[C@H](C)[C@H](NC(C)=O)C(=O)NC1CCc2ccn3c2C1C(=O)CC(C(=O)NCc1ncn[nH]1)C3. The number of carbonyl (C=O) groups excluding carboxylic acids is 4. The van der Waals surface area contributed by atoms with Crippen molar-refractivity contribution in [3.05, 3.63) is 35.7 Å². The van der Waals surface area contributed by atoms with Crippen LogP contribution < -0.4 is 16.0 Å². The van der Waals surface area contributed by atoms with Gasteiger partial charge in [0.25, 0.3) is 0 Å². The predicted molar refractivity (Wildman–Crippen MR) is 126 cm³/mol. The number of amides is 3. The van der Waals surface area contributed by atoms with Gasteiger partial charge in [0, 0.05) is 37.8 Å². The second-order valence-corrected chi connectivity index (χ2v) is 9.59. The highest BCUT2D eigenvalue weighted by atomic mass is 16.2. The fourth-order valence-corrected chi connectivity index (χ4v) is 5.15. The molecule has 0 saturated carbocycles. The Kier molecular flexibility index (Phi) is 7.32. The van der Waals surface area contributed by atoms with Crippen LogP contribution in [0.1, 0.15) is 63.0 Å². The summed E-state index contributed by atoms with van der Waals surface area (Å²) in [6.07, 6.45) is 5.46. The summed E-state index contributed by atoms with van der Waals surface area (Å²) < 4.78 is 1.99. The van der Waals surface area contributed by atoms with Gasteiger partial charge in [-0.15, -0.1) is 0 Å². The molecule has 11 heteroatoms. The summed E-state index contributed by atoms with van der Waals surface area (Å²) in [4.78, 5) is 55.4. The predicted octanol–water partition coefficient (Wildman–Crippen LogP) is 0.577. The number of nitrogens with one attached hydrogen (secondary N) is 4. The highest BCUT2D eigenvalue weighted by molar-refractivity contribution is 5.93. The zero-order valence-corrected chi connectivity index (χ0v) is 20.3. The molecular formula is C24H33N7O4. The smallest absolute Gasteiger partial charge is 0.243 e. The zero-order chi connectivity index (χ0) is 25.1. The zero-order valence-electron chi connectivity index (χ0n) is 20.3. The molecule has 2 aliphatic rings. The van der Waals surface area contributed by atoms with Crippen LogP contribution in [-0.4, -0.2) is 55.3 Å². The largest absolute Gasteiger partial charge is 0.350 e. The van der Waals surface area contributed by atoms with Crippen molar-refractivity contribution < 1.29 is 19.2 Å². The van der Waals surface area contributed by atoms with Gasteiger partial charge in [-0.2, -0.15) is 5.10 Å². The summed E-state index contributed by atoms with van der Waals surface area (Å²) in [7, 11) is 0. The minimum Gasteiger partial charge on any atom is -0.350 e. The van der Waals surface area contributed by atoms with E-state index in [0.717, 1.165) is 24.1 Å². The van der Waals surface area contributed by atoms with Crippen molar-refractivity contribution in [2.45, 2.75) is 77.5 Å². The van der Waals surface area contributed by atoms with Gasteiger partial charge >= 0.3 is 0 Å². The number of aryl methyl sites for hydroxylation is 1. The molecule has 5 atom stereocenters. The van der Waals surface area contributed by atoms with Gasteiger partial charge < -0.3 is 20.5 Å². The van der Waals surface area contributed by atoms with Crippen LogP contribution in [0.2, 0.25) is 0 Å². The average molecular weight is 484 g/mol. The number of aromatic amines is 1. The molecule has 188 valence electrons. The molecule has 0 aromatic carbocycles. The van der Waals surface area contributed by atoms with Crippen LogP contribution in [0.25, 0.3) is 0 Å². The number of ketones is 1. The van der Waals surface area contributed by atoms with Crippen molar-refractivity contribution in [1.29, 1.82) is 0 Å². The number of hydrogen-bond acceptors (Lipinski definition) is 6. The van der Waals surface area contributed by atoms with Crippen molar-refractivity contribution in [3.63, 3.8) is 0 Å². The van der Waals surface area contributed by atoms with E-state index in [1.165, 1.54) is 13.3 Å². The molecule has 0 spiro atoms. The van der Waals surface area contributed by atoms with Crippen LogP contribution in [0.3, 0.4) is 0 Å². The standard InChI is InChI=1S/C24H33N7O4/c1-4-13(2)21(28-14(3)32)24(35)29-17-6-5-15-7-8-31-11-16(9-18(33)20(17)22(15)31)23(34)25-10-19-26-12-27-30-19/h7-8,12-13,16-17,20-21H,4-6,9-11H2,1-3H3,(H,25,34)(H,28,32)(H,29,35)(H,26,27,30)/t13-,16?,17?,20?,21-/m0/s1. The van der Waals surface area contributed by atoms with Crippen molar-refractivity contribution in [3.8, 4) is 0 Å². The Bertz CT molecular complexity index is 1090. The van der Waals surface area contributed by atoms with Crippen molar-refractivity contribution in [1.82, 2.24) is 35.7 Å². The maximum Gasteiger partial charge on any atom is 0.243 e. The van der Waals surface area contributed by atoms with Gasteiger partial charge in [-0.25, -0.2) is 4.98 Å². The highest BCUT2D eigenvalue weighted by Gasteiger charge is 2.42. The van der Waals surface area contributed by atoms with Gasteiger partial charge in [0.05, 0.1) is 18.4 Å². The topological polar surface area (TPSA) is 151 Å². The summed E-state index contributed by atoms with van der Waals surface area (Å²) in [5, 5.41) is 15.1. The first-order valence-electron chi connectivity index (χ1n) is 12.2. The molecule has 1 aliphatic heterocycles. The third-order valence-electron chi connectivity index (χ3n) is 7.17.